The van der Waals surface area contributed by atoms with Gasteiger partial charge in [0.15, 0.2) is 11.5 Å². The molecule has 5 heteroatoms. The highest BCUT2D eigenvalue weighted by Gasteiger charge is 2.15. The standard InChI is InChI=1S/C21H24N2O3/c1-12-13(2)22-18-8-6-16(10-17(12)18)21(24)23-14(3)15-7-9-19(25-4)20(11-15)26-5/h6-11,14,22H,1-5H3,(H,23,24). The molecule has 26 heavy (non-hydrogen) atoms. The second kappa shape index (κ2) is 7.12. The van der Waals surface area contributed by atoms with E-state index in [-0.39, 0.29) is 11.9 Å². The number of aryl methyl sites for hydroxylation is 2. The van der Waals surface area contributed by atoms with Crippen molar-refractivity contribution in [3.05, 3.63) is 58.8 Å². The van der Waals surface area contributed by atoms with Crippen LogP contribution in [0.1, 0.15) is 40.1 Å². The molecule has 5 nitrogen and oxygen atoms in total. The van der Waals surface area contributed by atoms with Crippen LogP contribution in [0.4, 0.5) is 0 Å². The van der Waals surface area contributed by atoms with Crippen LogP contribution in [0.15, 0.2) is 36.4 Å². The number of aromatic amines is 1. The largest absolute Gasteiger partial charge is 0.493 e. The van der Waals surface area contributed by atoms with Crippen LogP contribution in [0.5, 0.6) is 11.5 Å². The number of carbonyl (C=O) groups is 1. The van der Waals surface area contributed by atoms with E-state index >= 15 is 0 Å². The molecular weight excluding hydrogens is 328 g/mol. The van der Waals surface area contributed by atoms with E-state index in [9.17, 15) is 4.79 Å². The average Bonchev–Trinajstić information content (AvgIpc) is 2.94. The Labute approximate surface area is 153 Å². The van der Waals surface area contributed by atoms with Gasteiger partial charge in [0.25, 0.3) is 5.91 Å². The summed E-state index contributed by atoms with van der Waals surface area (Å²) in [7, 11) is 3.20. The Morgan fingerprint density at radius 3 is 2.46 bits per heavy atom. The van der Waals surface area contributed by atoms with Gasteiger partial charge in [-0.15, -0.1) is 0 Å². The number of ether oxygens (including phenoxy) is 2. The van der Waals surface area contributed by atoms with Crippen LogP contribution in [0.25, 0.3) is 10.9 Å². The van der Waals surface area contributed by atoms with Crippen molar-refractivity contribution in [3.63, 3.8) is 0 Å². The number of hydrogen-bond acceptors (Lipinski definition) is 3. The van der Waals surface area contributed by atoms with Gasteiger partial charge in [0.05, 0.1) is 20.3 Å². The summed E-state index contributed by atoms with van der Waals surface area (Å²) < 4.78 is 10.6. The lowest BCUT2D eigenvalue weighted by atomic mass is 10.1. The number of rotatable bonds is 5. The lowest BCUT2D eigenvalue weighted by Crippen LogP contribution is -2.26. The van der Waals surface area contributed by atoms with Gasteiger partial charge in [-0.3, -0.25) is 4.79 Å². The van der Waals surface area contributed by atoms with Crippen LogP contribution in [-0.4, -0.2) is 25.1 Å². The summed E-state index contributed by atoms with van der Waals surface area (Å²) in [5.41, 5.74) is 4.93. The van der Waals surface area contributed by atoms with E-state index in [1.54, 1.807) is 14.2 Å². The first kappa shape index (κ1) is 17.9. The van der Waals surface area contributed by atoms with Gasteiger partial charge in [0.1, 0.15) is 0 Å². The molecule has 0 fully saturated rings. The van der Waals surface area contributed by atoms with Gasteiger partial charge in [-0.05, 0) is 62.2 Å². The third-order valence-corrected chi connectivity index (χ3v) is 4.83. The smallest absolute Gasteiger partial charge is 0.251 e. The number of hydrogen-bond donors (Lipinski definition) is 2. The maximum absolute atomic E-state index is 12.7. The number of carbonyl (C=O) groups excluding carboxylic acids is 1. The van der Waals surface area contributed by atoms with Crippen LogP contribution in [0.3, 0.4) is 0 Å². The zero-order chi connectivity index (χ0) is 18.8. The number of aromatic nitrogens is 1. The minimum absolute atomic E-state index is 0.104. The van der Waals surface area contributed by atoms with E-state index in [0.29, 0.717) is 17.1 Å². The van der Waals surface area contributed by atoms with Gasteiger partial charge in [0, 0.05) is 22.2 Å². The van der Waals surface area contributed by atoms with Gasteiger partial charge < -0.3 is 19.8 Å². The van der Waals surface area contributed by atoms with Crippen LogP contribution in [-0.2, 0) is 0 Å². The minimum atomic E-state index is -0.160. The van der Waals surface area contributed by atoms with Crippen molar-refractivity contribution in [1.29, 1.82) is 0 Å². The topological polar surface area (TPSA) is 63.3 Å². The first-order valence-corrected chi connectivity index (χ1v) is 8.56. The summed E-state index contributed by atoms with van der Waals surface area (Å²) in [6.07, 6.45) is 0. The predicted octanol–water partition coefficient (Wildman–Crippen LogP) is 4.29. The molecule has 0 radical (unpaired) electrons. The molecule has 1 atom stereocenters. The van der Waals surface area contributed by atoms with E-state index in [4.69, 9.17) is 9.47 Å². The van der Waals surface area contributed by atoms with E-state index in [2.05, 4.69) is 17.2 Å². The molecule has 0 saturated heterocycles. The van der Waals surface area contributed by atoms with Crippen LogP contribution < -0.4 is 14.8 Å². The molecule has 3 rings (SSSR count). The molecule has 2 N–H and O–H groups in total. The molecule has 136 valence electrons. The third kappa shape index (κ3) is 3.25. The maximum atomic E-state index is 12.7. The molecule has 3 aromatic rings. The molecule has 0 spiro atoms. The van der Waals surface area contributed by atoms with Crippen molar-refractivity contribution in [2.45, 2.75) is 26.8 Å². The summed E-state index contributed by atoms with van der Waals surface area (Å²) in [5, 5.41) is 4.12. The first-order valence-electron chi connectivity index (χ1n) is 8.56. The van der Waals surface area contributed by atoms with Crippen molar-refractivity contribution in [3.8, 4) is 11.5 Å². The zero-order valence-corrected chi connectivity index (χ0v) is 15.8. The van der Waals surface area contributed by atoms with Crippen LogP contribution in [0, 0.1) is 13.8 Å². The van der Waals surface area contributed by atoms with E-state index in [1.807, 2.05) is 50.2 Å². The summed E-state index contributed by atoms with van der Waals surface area (Å²) in [5.74, 6) is 1.21. The van der Waals surface area contributed by atoms with E-state index in [1.165, 1.54) is 5.56 Å². The molecule has 0 bridgehead atoms. The van der Waals surface area contributed by atoms with Crippen molar-refractivity contribution in [1.82, 2.24) is 10.3 Å². The fraction of sp³-hybridized carbons (Fsp3) is 0.286. The maximum Gasteiger partial charge on any atom is 0.251 e. The van der Waals surface area contributed by atoms with Crippen molar-refractivity contribution >= 4 is 16.8 Å². The average molecular weight is 352 g/mol. The molecule has 0 aliphatic rings. The number of H-pyrrole nitrogens is 1. The molecule has 1 unspecified atom stereocenters. The SMILES string of the molecule is COc1ccc(C(C)NC(=O)c2ccc3[nH]c(C)c(C)c3c2)cc1OC. The third-order valence-electron chi connectivity index (χ3n) is 4.83. The normalized spacial score (nSPS) is 12.0. The Balaban J connectivity index is 1.82. The molecule has 0 aliphatic carbocycles. The van der Waals surface area contributed by atoms with E-state index < -0.39 is 0 Å². The van der Waals surface area contributed by atoms with Crippen LogP contribution >= 0.6 is 0 Å². The van der Waals surface area contributed by atoms with Gasteiger partial charge in [-0.1, -0.05) is 6.07 Å². The molecule has 1 amide bonds. The van der Waals surface area contributed by atoms with Crippen molar-refractivity contribution in [2.24, 2.45) is 0 Å². The Bertz CT molecular complexity index is 959. The second-order valence-corrected chi connectivity index (χ2v) is 6.44. The zero-order valence-electron chi connectivity index (χ0n) is 15.8. The second-order valence-electron chi connectivity index (χ2n) is 6.44. The fourth-order valence-electron chi connectivity index (χ4n) is 3.09. The fourth-order valence-corrected chi connectivity index (χ4v) is 3.09. The highest BCUT2D eigenvalue weighted by molar-refractivity contribution is 5.99. The van der Waals surface area contributed by atoms with Gasteiger partial charge in [-0.2, -0.15) is 0 Å². The number of nitrogens with one attached hydrogen (secondary N) is 2. The Morgan fingerprint density at radius 2 is 1.77 bits per heavy atom. The quantitative estimate of drug-likeness (QED) is 0.720. The Hall–Kier alpha value is -2.95. The summed E-state index contributed by atoms with van der Waals surface area (Å²) in [6.45, 7) is 6.04. The predicted molar refractivity (Wildman–Crippen MR) is 103 cm³/mol. The first-order chi connectivity index (χ1) is 12.4. The number of benzene rings is 2. The number of amides is 1. The Kier molecular flexibility index (Phi) is 4.89. The molecule has 2 aromatic carbocycles. The number of methoxy groups -OCH3 is 2. The molecular formula is C21H24N2O3. The van der Waals surface area contributed by atoms with Gasteiger partial charge >= 0.3 is 0 Å². The Morgan fingerprint density at radius 1 is 1.04 bits per heavy atom. The summed E-state index contributed by atoms with van der Waals surface area (Å²) >= 11 is 0. The van der Waals surface area contributed by atoms with E-state index in [0.717, 1.165) is 22.2 Å². The van der Waals surface area contributed by atoms with Crippen molar-refractivity contribution in [2.75, 3.05) is 14.2 Å². The summed E-state index contributed by atoms with van der Waals surface area (Å²) in [4.78, 5) is 16.0. The lowest BCUT2D eigenvalue weighted by molar-refractivity contribution is 0.0940. The minimum Gasteiger partial charge on any atom is -0.493 e. The number of fused-ring (bicyclic) bond motifs is 1. The highest BCUT2D eigenvalue weighted by atomic mass is 16.5. The molecule has 0 aliphatic heterocycles. The lowest BCUT2D eigenvalue weighted by Gasteiger charge is -2.16. The van der Waals surface area contributed by atoms with Gasteiger partial charge in [0.2, 0.25) is 0 Å². The van der Waals surface area contributed by atoms with Gasteiger partial charge in [-0.25, -0.2) is 0 Å². The molecule has 1 aromatic heterocycles. The molecule has 0 saturated carbocycles. The monoisotopic (exact) mass is 352 g/mol. The van der Waals surface area contributed by atoms with Crippen molar-refractivity contribution < 1.29 is 14.3 Å². The highest BCUT2D eigenvalue weighted by Crippen LogP contribution is 2.30. The molecule has 1 heterocycles. The summed E-state index contributed by atoms with van der Waals surface area (Å²) in [6, 6.07) is 11.2. The van der Waals surface area contributed by atoms with Crippen LogP contribution in [0.2, 0.25) is 0 Å².